The summed E-state index contributed by atoms with van der Waals surface area (Å²) in [4.78, 5) is 17.7. The van der Waals surface area contributed by atoms with Crippen molar-refractivity contribution in [2.75, 3.05) is 13.2 Å². The van der Waals surface area contributed by atoms with Crippen LogP contribution in [0.25, 0.3) is 0 Å². The molecule has 0 saturated carbocycles. The van der Waals surface area contributed by atoms with Crippen LogP contribution in [0.5, 0.6) is 5.75 Å². The highest BCUT2D eigenvalue weighted by Crippen LogP contribution is 2.36. The summed E-state index contributed by atoms with van der Waals surface area (Å²) in [5.41, 5.74) is -1.18. The zero-order chi connectivity index (χ0) is 22.5. The van der Waals surface area contributed by atoms with E-state index in [9.17, 15) is 18.0 Å². The standard InChI is InChI=1S/C20H22ClF3N4O2/c1-19(2,3)28(18(25)27-17(29)13-6-8-26-9-7-13)10-11-30-14-4-5-16(21)15(12-14)20(22,23)24/h4-9,12H,10-11H2,1-3H3,(H2,25,27,29). The van der Waals surface area contributed by atoms with Gasteiger partial charge < -0.3 is 9.64 Å². The van der Waals surface area contributed by atoms with E-state index in [0.717, 1.165) is 12.1 Å². The van der Waals surface area contributed by atoms with E-state index in [1.807, 2.05) is 20.8 Å². The Kier molecular flexibility index (Phi) is 7.30. The largest absolute Gasteiger partial charge is 0.492 e. The monoisotopic (exact) mass is 442 g/mol. The molecule has 0 fully saturated rings. The lowest BCUT2D eigenvalue weighted by atomic mass is 10.1. The summed E-state index contributed by atoms with van der Waals surface area (Å²) < 4.78 is 44.4. The molecule has 1 aromatic carbocycles. The van der Waals surface area contributed by atoms with Gasteiger partial charge in [0.25, 0.3) is 5.91 Å². The average Bonchev–Trinajstić information content (AvgIpc) is 2.65. The van der Waals surface area contributed by atoms with Crippen molar-refractivity contribution >= 4 is 23.5 Å². The van der Waals surface area contributed by atoms with Crippen molar-refractivity contribution in [3.05, 3.63) is 58.9 Å². The fraction of sp³-hybridized carbons (Fsp3) is 0.350. The summed E-state index contributed by atoms with van der Waals surface area (Å²) in [6, 6.07) is 6.34. The Morgan fingerprint density at radius 2 is 1.83 bits per heavy atom. The fourth-order valence-corrected chi connectivity index (χ4v) is 2.82. The van der Waals surface area contributed by atoms with E-state index < -0.39 is 28.2 Å². The van der Waals surface area contributed by atoms with Crippen LogP contribution >= 0.6 is 11.6 Å². The first-order valence-electron chi connectivity index (χ1n) is 8.96. The number of benzene rings is 1. The zero-order valence-corrected chi connectivity index (χ0v) is 17.4. The highest BCUT2D eigenvalue weighted by atomic mass is 35.5. The van der Waals surface area contributed by atoms with Crippen molar-refractivity contribution < 1.29 is 22.7 Å². The first-order chi connectivity index (χ1) is 13.9. The van der Waals surface area contributed by atoms with E-state index >= 15 is 0 Å². The molecule has 10 heteroatoms. The van der Waals surface area contributed by atoms with Gasteiger partial charge in [-0.25, -0.2) is 0 Å². The molecule has 0 aliphatic heterocycles. The summed E-state index contributed by atoms with van der Waals surface area (Å²) in [7, 11) is 0. The van der Waals surface area contributed by atoms with Crippen molar-refractivity contribution in [1.29, 1.82) is 5.41 Å². The number of guanidine groups is 1. The Labute approximate surface area is 177 Å². The van der Waals surface area contributed by atoms with Gasteiger partial charge >= 0.3 is 6.18 Å². The molecule has 0 saturated heterocycles. The maximum absolute atomic E-state index is 13.0. The topological polar surface area (TPSA) is 78.3 Å². The van der Waals surface area contributed by atoms with E-state index in [2.05, 4.69) is 10.3 Å². The van der Waals surface area contributed by atoms with Gasteiger partial charge in [0.2, 0.25) is 0 Å². The number of hydrogen-bond acceptors (Lipinski definition) is 4. The third kappa shape index (κ3) is 6.35. The highest BCUT2D eigenvalue weighted by Gasteiger charge is 2.33. The van der Waals surface area contributed by atoms with Crippen LogP contribution in [0.15, 0.2) is 42.7 Å². The maximum atomic E-state index is 13.0. The second-order valence-corrected chi connectivity index (χ2v) is 7.76. The van der Waals surface area contributed by atoms with E-state index in [1.54, 1.807) is 4.90 Å². The number of carbonyl (C=O) groups excluding carboxylic acids is 1. The molecule has 0 radical (unpaired) electrons. The molecule has 6 nitrogen and oxygen atoms in total. The van der Waals surface area contributed by atoms with Crippen LogP contribution in [0.3, 0.4) is 0 Å². The van der Waals surface area contributed by atoms with Crippen molar-refractivity contribution in [2.45, 2.75) is 32.5 Å². The van der Waals surface area contributed by atoms with Gasteiger partial charge in [0, 0.05) is 23.5 Å². The molecule has 1 amide bonds. The molecule has 1 aromatic heterocycles. The number of halogens is 4. The second-order valence-electron chi connectivity index (χ2n) is 7.35. The number of ether oxygens (including phenoxy) is 1. The molecule has 0 unspecified atom stereocenters. The number of aromatic nitrogens is 1. The van der Waals surface area contributed by atoms with E-state index in [4.69, 9.17) is 21.7 Å². The van der Waals surface area contributed by atoms with Crippen molar-refractivity contribution in [2.24, 2.45) is 0 Å². The summed E-state index contributed by atoms with van der Waals surface area (Å²) in [5, 5.41) is 10.4. The molecule has 1 heterocycles. The SMILES string of the molecule is CC(C)(C)N(CCOc1ccc(Cl)c(C(F)(F)F)c1)C(=N)NC(=O)c1ccncc1. The summed E-state index contributed by atoms with van der Waals surface area (Å²) in [6.45, 7) is 5.66. The third-order valence-corrected chi connectivity index (χ3v) is 4.41. The first-order valence-corrected chi connectivity index (χ1v) is 9.34. The van der Waals surface area contributed by atoms with Gasteiger partial charge in [-0.05, 0) is 51.1 Å². The zero-order valence-electron chi connectivity index (χ0n) is 16.7. The van der Waals surface area contributed by atoms with Crippen molar-refractivity contribution in [1.82, 2.24) is 15.2 Å². The smallest absolute Gasteiger partial charge is 0.417 e. The average molecular weight is 443 g/mol. The molecule has 0 atom stereocenters. The first kappa shape index (κ1) is 23.5. The molecule has 0 bridgehead atoms. The number of nitrogens with one attached hydrogen (secondary N) is 2. The minimum atomic E-state index is -4.59. The van der Waals surface area contributed by atoms with Gasteiger partial charge in [0.05, 0.1) is 17.1 Å². The molecule has 2 rings (SSSR count). The number of rotatable bonds is 5. The molecule has 30 heavy (non-hydrogen) atoms. The second kappa shape index (κ2) is 9.34. The van der Waals surface area contributed by atoms with Gasteiger partial charge in [-0.1, -0.05) is 11.6 Å². The molecule has 2 N–H and O–H groups in total. The normalized spacial score (nSPS) is 11.7. The fourth-order valence-electron chi connectivity index (χ4n) is 2.60. The maximum Gasteiger partial charge on any atom is 0.417 e. The number of hydrogen-bond donors (Lipinski definition) is 2. The van der Waals surface area contributed by atoms with E-state index in [-0.39, 0.29) is 24.9 Å². The van der Waals surface area contributed by atoms with Crippen LogP contribution in [0.2, 0.25) is 5.02 Å². The molecule has 162 valence electrons. The van der Waals surface area contributed by atoms with Crippen LogP contribution in [0.4, 0.5) is 13.2 Å². The molecule has 0 aliphatic carbocycles. The highest BCUT2D eigenvalue weighted by molar-refractivity contribution is 6.31. The summed E-state index contributed by atoms with van der Waals surface area (Å²) >= 11 is 5.61. The molecule has 2 aromatic rings. The molecule has 0 aliphatic rings. The van der Waals surface area contributed by atoms with Crippen molar-refractivity contribution in [3.8, 4) is 5.75 Å². The Hall–Kier alpha value is -2.81. The molecular formula is C20H22ClF3N4O2. The Bertz CT molecular complexity index is 899. The van der Waals surface area contributed by atoms with E-state index in [1.165, 1.54) is 30.6 Å². The lowest BCUT2D eigenvalue weighted by Crippen LogP contribution is -2.53. The third-order valence-electron chi connectivity index (χ3n) is 4.08. The van der Waals surface area contributed by atoms with Gasteiger partial charge in [0.1, 0.15) is 12.4 Å². The van der Waals surface area contributed by atoms with Gasteiger partial charge in [-0.15, -0.1) is 0 Å². The van der Waals surface area contributed by atoms with Crippen LogP contribution in [-0.2, 0) is 6.18 Å². The number of pyridine rings is 1. The lowest BCUT2D eigenvalue weighted by Gasteiger charge is -2.37. The minimum absolute atomic E-state index is 0.00735. The van der Waals surface area contributed by atoms with Crippen molar-refractivity contribution in [3.63, 3.8) is 0 Å². The Morgan fingerprint density at radius 3 is 2.40 bits per heavy atom. The van der Waals surface area contributed by atoms with Gasteiger partial charge in [-0.2, -0.15) is 13.2 Å². The minimum Gasteiger partial charge on any atom is -0.492 e. The van der Waals surface area contributed by atoms with Gasteiger partial charge in [0.15, 0.2) is 5.96 Å². The van der Waals surface area contributed by atoms with Gasteiger partial charge in [-0.3, -0.25) is 20.5 Å². The number of nitrogens with zero attached hydrogens (tertiary/aromatic N) is 2. The van der Waals surface area contributed by atoms with E-state index in [0.29, 0.717) is 5.56 Å². The molecular weight excluding hydrogens is 421 g/mol. The Balaban J connectivity index is 2.04. The van der Waals surface area contributed by atoms with Crippen LogP contribution in [0.1, 0.15) is 36.7 Å². The predicted molar refractivity (Wildman–Crippen MR) is 108 cm³/mol. The Morgan fingerprint density at radius 1 is 1.20 bits per heavy atom. The predicted octanol–water partition coefficient (Wildman–Crippen LogP) is 4.60. The lowest BCUT2D eigenvalue weighted by molar-refractivity contribution is -0.137. The van der Waals surface area contributed by atoms with Crippen LogP contribution in [-0.4, -0.2) is 40.4 Å². The summed E-state index contributed by atoms with van der Waals surface area (Å²) in [6.07, 6.45) is -1.66. The quantitative estimate of drug-likeness (QED) is 0.524. The molecule has 0 spiro atoms. The number of carbonyl (C=O) groups is 1. The number of alkyl halides is 3. The van der Waals surface area contributed by atoms with Crippen LogP contribution in [0, 0.1) is 5.41 Å². The number of amides is 1. The summed E-state index contributed by atoms with van der Waals surface area (Å²) in [5.74, 6) is -0.613. The van der Waals surface area contributed by atoms with Crippen LogP contribution < -0.4 is 10.1 Å².